The Bertz CT molecular complexity index is 815. The van der Waals surface area contributed by atoms with Crippen LogP contribution in [0.2, 0.25) is 0 Å². The topological polar surface area (TPSA) is 56.3 Å². The summed E-state index contributed by atoms with van der Waals surface area (Å²) in [6.45, 7) is 7.38. The van der Waals surface area contributed by atoms with Gasteiger partial charge in [0.1, 0.15) is 0 Å². The minimum absolute atomic E-state index is 0.0878. The van der Waals surface area contributed by atoms with Crippen LogP contribution in [0.5, 0.6) is 0 Å². The van der Waals surface area contributed by atoms with Gasteiger partial charge in [-0.2, -0.15) is 0 Å². The summed E-state index contributed by atoms with van der Waals surface area (Å²) in [5.74, 6) is -0.624. The third-order valence-corrected chi connectivity index (χ3v) is 6.01. The average Bonchev–Trinajstić information content (AvgIpc) is 2.92. The fourth-order valence-corrected chi connectivity index (χ4v) is 4.81. The van der Waals surface area contributed by atoms with Crippen molar-refractivity contribution in [2.45, 2.75) is 51.0 Å². The summed E-state index contributed by atoms with van der Waals surface area (Å²) in [6, 6.07) is 4.91. The molecule has 1 saturated heterocycles. The van der Waals surface area contributed by atoms with Gasteiger partial charge in [-0.25, -0.2) is 0 Å². The zero-order valence-corrected chi connectivity index (χ0v) is 14.9. The van der Waals surface area contributed by atoms with Crippen LogP contribution in [-0.4, -0.2) is 40.6 Å². The van der Waals surface area contributed by atoms with Crippen LogP contribution in [-0.2, 0) is 16.6 Å². The summed E-state index contributed by atoms with van der Waals surface area (Å²) < 4.78 is 0. The number of fused-ring (bicyclic) bond motifs is 2. The summed E-state index contributed by atoms with van der Waals surface area (Å²) >= 11 is 0. The van der Waals surface area contributed by atoms with Crippen LogP contribution in [0, 0.1) is 5.92 Å². The van der Waals surface area contributed by atoms with Gasteiger partial charge in [0.2, 0.25) is 0 Å². The van der Waals surface area contributed by atoms with E-state index in [1.165, 1.54) is 27.6 Å². The minimum Gasteiger partial charge on any atom is -0.481 e. The molecule has 1 aromatic heterocycles. The van der Waals surface area contributed by atoms with Crippen LogP contribution in [0.15, 0.2) is 18.3 Å². The Labute approximate surface area is 142 Å². The van der Waals surface area contributed by atoms with Crippen molar-refractivity contribution >= 4 is 16.9 Å². The molecule has 4 rings (SSSR count). The molecule has 0 bridgehead atoms. The van der Waals surface area contributed by atoms with Crippen molar-refractivity contribution < 1.29 is 9.90 Å². The van der Waals surface area contributed by atoms with Gasteiger partial charge in [0.25, 0.3) is 0 Å². The lowest BCUT2D eigenvalue weighted by atomic mass is 9.71. The Morgan fingerprint density at radius 2 is 2.08 bits per heavy atom. The van der Waals surface area contributed by atoms with E-state index in [9.17, 15) is 9.90 Å². The normalized spacial score (nSPS) is 27.2. The summed E-state index contributed by atoms with van der Waals surface area (Å²) in [5, 5.41) is 10.9. The highest BCUT2D eigenvalue weighted by Crippen LogP contribution is 2.46. The highest BCUT2D eigenvalue weighted by atomic mass is 16.4. The van der Waals surface area contributed by atoms with Crippen molar-refractivity contribution in [1.82, 2.24) is 9.88 Å². The molecule has 2 N–H and O–H groups in total. The van der Waals surface area contributed by atoms with E-state index in [2.05, 4.69) is 56.0 Å². The monoisotopic (exact) mass is 326 g/mol. The number of aliphatic carboxylic acids is 1. The number of benzene rings is 1. The van der Waals surface area contributed by atoms with E-state index in [1.54, 1.807) is 0 Å². The molecule has 128 valence electrons. The van der Waals surface area contributed by atoms with Gasteiger partial charge in [-0.05, 0) is 42.0 Å². The van der Waals surface area contributed by atoms with Crippen molar-refractivity contribution in [2.75, 3.05) is 13.6 Å². The summed E-state index contributed by atoms with van der Waals surface area (Å²) in [4.78, 5) is 17.3. The van der Waals surface area contributed by atoms with Crippen LogP contribution in [0.4, 0.5) is 0 Å². The van der Waals surface area contributed by atoms with Crippen molar-refractivity contribution in [1.29, 1.82) is 0 Å². The first-order valence-corrected chi connectivity index (χ1v) is 8.83. The quantitative estimate of drug-likeness (QED) is 0.843. The fourth-order valence-electron chi connectivity index (χ4n) is 4.81. The lowest BCUT2D eigenvalue weighted by Crippen LogP contribution is -2.49. The van der Waals surface area contributed by atoms with Crippen LogP contribution >= 0.6 is 0 Å². The summed E-state index contributed by atoms with van der Waals surface area (Å²) in [5.41, 5.74) is 5.39. The largest absolute Gasteiger partial charge is 0.481 e. The van der Waals surface area contributed by atoms with E-state index in [1.807, 2.05) is 0 Å². The van der Waals surface area contributed by atoms with Gasteiger partial charge in [-0.15, -0.1) is 0 Å². The number of piperidine rings is 1. The number of aromatic nitrogens is 1. The maximum atomic E-state index is 11.6. The smallest absolute Gasteiger partial charge is 0.307 e. The highest BCUT2D eigenvalue weighted by Gasteiger charge is 2.41. The number of rotatable bonds is 1. The Kier molecular flexibility index (Phi) is 3.33. The van der Waals surface area contributed by atoms with Gasteiger partial charge in [0.15, 0.2) is 0 Å². The maximum Gasteiger partial charge on any atom is 0.307 e. The lowest BCUT2D eigenvalue weighted by Gasteiger charge is -2.44. The molecular weight excluding hydrogens is 300 g/mol. The molecule has 0 unspecified atom stereocenters. The number of carbonyl (C=O) groups is 1. The van der Waals surface area contributed by atoms with E-state index in [-0.39, 0.29) is 11.3 Å². The van der Waals surface area contributed by atoms with E-state index in [4.69, 9.17) is 0 Å². The van der Waals surface area contributed by atoms with Gasteiger partial charge in [-0.3, -0.25) is 4.79 Å². The molecule has 2 heterocycles. The second-order valence-corrected chi connectivity index (χ2v) is 8.60. The molecule has 1 aliphatic carbocycles. The Morgan fingerprint density at radius 1 is 1.33 bits per heavy atom. The molecule has 3 atom stereocenters. The predicted octanol–water partition coefficient (Wildman–Crippen LogP) is 3.51. The van der Waals surface area contributed by atoms with E-state index >= 15 is 0 Å². The molecule has 1 fully saturated rings. The number of H-pyrrole nitrogens is 1. The number of aromatic amines is 1. The highest BCUT2D eigenvalue weighted by molar-refractivity contribution is 5.91. The minimum atomic E-state index is -0.664. The van der Waals surface area contributed by atoms with Gasteiger partial charge in [0, 0.05) is 35.6 Å². The van der Waals surface area contributed by atoms with Crippen molar-refractivity contribution in [3.8, 4) is 0 Å². The molecular formula is C20H26N2O2. The number of carboxylic acids is 1. The molecule has 4 heteroatoms. The predicted molar refractivity (Wildman–Crippen MR) is 95.6 cm³/mol. The zero-order valence-electron chi connectivity index (χ0n) is 14.9. The van der Waals surface area contributed by atoms with Crippen molar-refractivity contribution in [3.05, 3.63) is 35.0 Å². The average molecular weight is 326 g/mol. The van der Waals surface area contributed by atoms with Crippen LogP contribution < -0.4 is 0 Å². The maximum absolute atomic E-state index is 11.6. The number of nitrogens with zero attached hydrogens (tertiary/aromatic N) is 1. The SMILES string of the molecule is CN1C[C@H](C(=O)O)C[C@@H]2c3ccc(C(C)(C)C)c4[nH]cc(c34)C[C@H]21. The van der Waals surface area contributed by atoms with Crippen molar-refractivity contribution in [3.63, 3.8) is 0 Å². The van der Waals surface area contributed by atoms with Gasteiger partial charge in [-0.1, -0.05) is 32.9 Å². The second kappa shape index (κ2) is 5.09. The second-order valence-electron chi connectivity index (χ2n) is 8.60. The Balaban J connectivity index is 1.87. The van der Waals surface area contributed by atoms with E-state index in [0.717, 1.165) is 12.8 Å². The van der Waals surface area contributed by atoms with Crippen LogP contribution in [0.3, 0.4) is 0 Å². The van der Waals surface area contributed by atoms with Crippen molar-refractivity contribution in [2.24, 2.45) is 5.92 Å². The number of hydrogen-bond acceptors (Lipinski definition) is 2. The fraction of sp³-hybridized carbons (Fsp3) is 0.550. The first-order valence-electron chi connectivity index (χ1n) is 8.83. The number of likely N-dealkylation sites (N-methyl/N-ethyl adjacent to an activating group) is 1. The molecule has 2 aliphatic rings. The molecule has 0 spiro atoms. The van der Waals surface area contributed by atoms with E-state index < -0.39 is 5.97 Å². The van der Waals surface area contributed by atoms with Gasteiger partial charge < -0.3 is 15.0 Å². The molecule has 0 amide bonds. The van der Waals surface area contributed by atoms with Crippen LogP contribution in [0.25, 0.3) is 10.9 Å². The summed E-state index contributed by atoms with van der Waals surface area (Å²) in [7, 11) is 2.07. The number of nitrogens with one attached hydrogen (secondary N) is 1. The Morgan fingerprint density at radius 3 is 2.75 bits per heavy atom. The number of hydrogen-bond donors (Lipinski definition) is 2. The summed E-state index contributed by atoms with van der Waals surface area (Å²) in [6.07, 6.45) is 3.92. The third-order valence-electron chi connectivity index (χ3n) is 6.01. The lowest BCUT2D eigenvalue weighted by molar-refractivity contribution is -0.144. The molecule has 24 heavy (non-hydrogen) atoms. The zero-order chi connectivity index (χ0) is 17.2. The number of likely N-dealkylation sites (tertiary alicyclic amines) is 1. The van der Waals surface area contributed by atoms with Gasteiger partial charge in [0.05, 0.1) is 5.92 Å². The van der Waals surface area contributed by atoms with Crippen LogP contribution in [0.1, 0.15) is 49.8 Å². The molecule has 1 aliphatic heterocycles. The molecule has 1 aromatic carbocycles. The molecule has 4 nitrogen and oxygen atoms in total. The van der Waals surface area contributed by atoms with E-state index in [0.29, 0.717) is 18.5 Å². The standard InChI is InChI=1S/C20H26N2O2/c1-20(2,3)15-6-5-13-14-7-12(19(23)24)10-22(4)16(14)8-11-9-21-18(15)17(11)13/h5-6,9,12,14,16,21H,7-8,10H2,1-4H3,(H,23,24)/t12-,14-,16-/m1/s1. The number of carboxylic acid groups (broad SMARTS) is 1. The molecule has 0 radical (unpaired) electrons. The first kappa shape index (κ1) is 15.7. The molecule has 2 aromatic rings. The molecule has 0 saturated carbocycles. The van der Waals surface area contributed by atoms with Gasteiger partial charge >= 0.3 is 5.97 Å². The first-order chi connectivity index (χ1) is 11.3. The third kappa shape index (κ3) is 2.20. The Hall–Kier alpha value is -1.81.